The largest absolute Gasteiger partial charge is 0.326 e. The molecule has 2 rings (SSSR count). The molecule has 1 atom stereocenters. The fraction of sp³-hybridized carbons (Fsp3) is 0.471. The number of nitrogens with zero attached hydrogens (tertiary/aromatic N) is 2. The Labute approximate surface area is 141 Å². The van der Waals surface area contributed by atoms with E-state index in [9.17, 15) is 9.59 Å². The van der Waals surface area contributed by atoms with Crippen LogP contribution in [0.25, 0.3) is 0 Å². The van der Waals surface area contributed by atoms with E-state index in [0.29, 0.717) is 5.17 Å². The van der Waals surface area contributed by atoms with Gasteiger partial charge in [0.05, 0.1) is 0 Å². The lowest BCUT2D eigenvalue weighted by atomic mass is 10.1. The normalized spacial score (nSPS) is 19.7. The Balaban J connectivity index is 2.03. The van der Waals surface area contributed by atoms with Gasteiger partial charge in [-0.3, -0.25) is 19.5 Å². The molecule has 0 unspecified atom stereocenters. The molecule has 0 aromatic heterocycles. The fourth-order valence-corrected chi connectivity index (χ4v) is 3.67. The van der Waals surface area contributed by atoms with Crippen LogP contribution in [0.2, 0.25) is 0 Å². The van der Waals surface area contributed by atoms with Crippen molar-refractivity contribution in [2.24, 2.45) is 4.99 Å². The number of amidine groups is 1. The zero-order valence-electron chi connectivity index (χ0n) is 14.2. The SMILES string of the molecule is CN=C1S[C@H](CC(=O)Nc2ccc(C)c(C)c2)C(=O)N1C(C)C. The molecule has 0 spiro atoms. The number of aliphatic imine (C=N–C) groups is 1. The van der Waals surface area contributed by atoms with Crippen molar-refractivity contribution >= 4 is 34.4 Å². The van der Waals surface area contributed by atoms with Gasteiger partial charge in [-0.25, -0.2) is 0 Å². The van der Waals surface area contributed by atoms with Gasteiger partial charge in [0, 0.05) is 25.2 Å². The summed E-state index contributed by atoms with van der Waals surface area (Å²) in [7, 11) is 1.67. The van der Waals surface area contributed by atoms with Gasteiger partial charge in [0.15, 0.2) is 5.17 Å². The highest BCUT2D eigenvalue weighted by molar-refractivity contribution is 8.15. The van der Waals surface area contributed by atoms with Crippen molar-refractivity contribution in [2.45, 2.75) is 45.4 Å². The van der Waals surface area contributed by atoms with Crippen molar-refractivity contribution in [3.63, 3.8) is 0 Å². The van der Waals surface area contributed by atoms with Gasteiger partial charge >= 0.3 is 0 Å². The molecule has 124 valence electrons. The number of rotatable bonds is 4. The van der Waals surface area contributed by atoms with Crippen LogP contribution in [0.4, 0.5) is 5.69 Å². The van der Waals surface area contributed by atoms with Crippen LogP contribution in [0, 0.1) is 13.8 Å². The summed E-state index contributed by atoms with van der Waals surface area (Å²) in [5.41, 5.74) is 3.07. The highest BCUT2D eigenvalue weighted by Gasteiger charge is 2.40. The first-order valence-corrected chi connectivity index (χ1v) is 8.55. The molecular formula is C17H23N3O2S. The summed E-state index contributed by atoms with van der Waals surface area (Å²) in [5, 5.41) is 3.16. The van der Waals surface area contributed by atoms with E-state index < -0.39 is 5.25 Å². The van der Waals surface area contributed by atoms with Crippen LogP contribution in [0.15, 0.2) is 23.2 Å². The van der Waals surface area contributed by atoms with Gasteiger partial charge in [-0.05, 0) is 51.0 Å². The van der Waals surface area contributed by atoms with Crippen LogP contribution < -0.4 is 5.32 Å². The van der Waals surface area contributed by atoms with Gasteiger partial charge in [0.25, 0.3) is 0 Å². The lowest BCUT2D eigenvalue weighted by molar-refractivity contribution is -0.129. The Morgan fingerprint density at radius 2 is 2.04 bits per heavy atom. The minimum atomic E-state index is -0.400. The molecular weight excluding hydrogens is 310 g/mol. The first-order valence-electron chi connectivity index (χ1n) is 7.67. The monoisotopic (exact) mass is 333 g/mol. The van der Waals surface area contributed by atoms with Crippen molar-refractivity contribution < 1.29 is 9.59 Å². The third-order valence-corrected chi connectivity index (χ3v) is 5.08. The highest BCUT2D eigenvalue weighted by atomic mass is 32.2. The number of nitrogens with one attached hydrogen (secondary N) is 1. The van der Waals surface area contributed by atoms with E-state index in [1.165, 1.54) is 17.3 Å². The van der Waals surface area contributed by atoms with Gasteiger partial charge in [0.2, 0.25) is 11.8 Å². The Morgan fingerprint density at radius 1 is 1.35 bits per heavy atom. The predicted molar refractivity (Wildman–Crippen MR) is 95.9 cm³/mol. The smallest absolute Gasteiger partial charge is 0.242 e. The summed E-state index contributed by atoms with van der Waals surface area (Å²) in [6, 6.07) is 5.84. The Hall–Kier alpha value is -1.82. The number of amides is 2. The highest BCUT2D eigenvalue weighted by Crippen LogP contribution is 2.31. The molecule has 23 heavy (non-hydrogen) atoms. The van der Waals surface area contributed by atoms with Crippen molar-refractivity contribution in [3.8, 4) is 0 Å². The zero-order valence-corrected chi connectivity index (χ0v) is 15.0. The van der Waals surface area contributed by atoms with Crippen molar-refractivity contribution in [3.05, 3.63) is 29.3 Å². The lowest BCUT2D eigenvalue weighted by Gasteiger charge is -2.20. The average molecular weight is 333 g/mol. The van der Waals surface area contributed by atoms with E-state index >= 15 is 0 Å². The van der Waals surface area contributed by atoms with E-state index in [0.717, 1.165) is 11.3 Å². The van der Waals surface area contributed by atoms with Gasteiger partial charge in [-0.1, -0.05) is 17.8 Å². The average Bonchev–Trinajstić information content (AvgIpc) is 2.79. The quantitative estimate of drug-likeness (QED) is 0.921. The molecule has 0 bridgehead atoms. The minimum Gasteiger partial charge on any atom is -0.326 e. The van der Waals surface area contributed by atoms with Crippen LogP contribution >= 0.6 is 11.8 Å². The summed E-state index contributed by atoms with van der Waals surface area (Å²) in [6.07, 6.45) is 0.151. The molecule has 1 fully saturated rings. The molecule has 5 nitrogen and oxygen atoms in total. The Bertz CT molecular complexity index is 655. The maximum absolute atomic E-state index is 12.4. The van der Waals surface area contributed by atoms with Crippen molar-refractivity contribution in [1.82, 2.24) is 4.90 Å². The standard InChI is InChI=1S/C17H23N3O2S/c1-10(2)20-16(22)14(23-17(20)18-5)9-15(21)19-13-7-6-11(3)12(4)8-13/h6-8,10,14H,9H2,1-5H3,(H,19,21)/t14-/m1/s1. The summed E-state index contributed by atoms with van der Waals surface area (Å²) < 4.78 is 0. The number of thioether (sulfide) groups is 1. The molecule has 0 radical (unpaired) electrons. The number of carbonyl (C=O) groups excluding carboxylic acids is 2. The topological polar surface area (TPSA) is 61.8 Å². The molecule has 0 saturated carbocycles. The number of hydrogen-bond acceptors (Lipinski definition) is 4. The van der Waals surface area contributed by atoms with E-state index in [1.54, 1.807) is 11.9 Å². The molecule has 1 N–H and O–H groups in total. The predicted octanol–water partition coefficient (Wildman–Crippen LogP) is 2.97. The molecule has 1 aromatic carbocycles. The maximum Gasteiger partial charge on any atom is 0.242 e. The molecule has 2 amide bonds. The summed E-state index contributed by atoms with van der Waals surface area (Å²) in [5.74, 6) is -0.194. The van der Waals surface area contributed by atoms with Crippen LogP contribution in [-0.2, 0) is 9.59 Å². The molecule has 0 aliphatic carbocycles. The van der Waals surface area contributed by atoms with Crippen LogP contribution in [0.5, 0.6) is 0 Å². The maximum atomic E-state index is 12.4. The third-order valence-electron chi connectivity index (χ3n) is 3.84. The van der Waals surface area contributed by atoms with Gasteiger partial charge < -0.3 is 5.32 Å². The van der Waals surface area contributed by atoms with Gasteiger partial charge in [-0.2, -0.15) is 0 Å². The Kier molecular flexibility index (Phi) is 5.46. The van der Waals surface area contributed by atoms with Gasteiger partial charge in [0.1, 0.15) is 5.25 Å². The summed E-state index contributed by atoms with van der Waals surface area (Å²) in [4.78, 5) is 30.5. The number of carbonyl (C=O) groups is 2. The van der Waals surface area contributed by atoms with Crippen molar-refractivity contribution in [2.75, 3.05) is 12.4 Å². The zero-order chi connectivity index (χ0) is 17.1. The molecule has 6 heteroatoms. The second-order valence-corrected chi connectivity index (χ2v) is 7.14. The molecule has 1 aromatic rings. The molecule has 1 aliphatic rings. The second kappa shape index (κ2) is 7.17. The molecule has 1 saturated heterocycles. The first kappa shape index (κ1) is 17.5. The summed E-state index contributed by atoms with van der Waals surface area (Å²) >= 11 is 1.37. The molecule has 1 aliphatic heterocycles. The lowest BCUT2D eigenvalue weighted by Crippen LogP contribution is -2.38. The van der Waals surface area contributed by atoms with E-state index in [-0.39, 0.29) is 24.3 Å². The van der Waals surface area contributed by atoms with Crippen LogP contribution in [0.3, 0.4) is 0 Å². The van der Waals surface area contributed by atoms with E-state index in [2.05, 4.69) is 10.3 Å². The first-order chi connectivity index (χ1) is 10.8. The number of hydrogen-bond donors (Lipinski definition) is 1. The summed E-state index contributed by atoms with van der Waals surface area (Å²) in [6.45, 7) is 7.93. The number of anilines is 1. The number of benzene rings is 1. The van der Waals surface area contributed by atoms with Crippen LogP contribution in [0.1, 0.15) is 31.4 Å². The Morgan fingerprint density at radius 3 is 2.57 bits per heavy atom. The van der Waals surface area contributed by atoms with E-state index in [1.807, 2.05) is 45.9 Å². The minimum absolute atomic E-state index is 0.0409. The molecule has 1 heterocycles. The third kappa shape index (κ3) is 3.93. The fourth-order valence-electron chi connectivity index (χ4n) is 2.45. The number of aryl methyl sites for hydroxylation is 2. The van der Waals surface area contributed by atoms with Gasteiger partial charge in [-0.15, -0.1) is 0 Å². The second-order valence-electron chi connectivity index (χ2n) is 5.97. The van der Waals surface area contributed by atoms with Crippen LogP contribution in [-0.4, -0.2) is 40.2 Å². The van der Waals surface area contributed by atoms with E-state index in [4.69, 9.17) is 0 Å². The van der Waals surface area contributed by atoms with Crippen molar-refractivity contribution in [1.29, 1.82) is 0 Å².